The molecule has 110 valence electrons. The fourth-order valence-electron chi connectivity index (χ4n) is 2.10. The Morgan fingerprint density at radius 3 is 2.30 bits per heavy atom. The van der Waals surface area contributed by atoms with E-state index in [1.807, 2.05) is 30.3 Å². The van der Waals surface area contributed by atoms with Crippen molar-refractivity contribution >= 4 is 17.4 Å². The number of benzene rings is 1. The first-order valence-corrected chi connectivity index (χ1v) is 7.59. The standard InChI is InChI=1S/C17H25NO2/c1-2-3-4-5-6-10-13-16(19)14-17(20)18-15-11-8-7-9-12-15/h7-9,11-12H,2-6,10,13-14H2,1H3,(H,18,20). The van der Waals surface area contributed by atoms with Gasteiger partial charge in [-0.3, -0.25) is 9.59 Å². The molecule has 0 unspecified atom stereocenters. The highest BCUT2D eigenvalue weighted by Gasteiger charge is 2.09. The van der Waals surface area contributed by atoms with Gasteiger partial charge in [-0.1, -0.05) is 57.2 Å². The summed E-state index contributed by atoms with van der Waals surface area (Å²) in [6, 6.07) is 9.23. The molecular weight excluding hydrogens is 250 g/mol. The van der Waals surface area contributed by atoms with Crippen LogP contribution in [0.1, 0.15) is 58.3 Å². The maximum absolute atomic E-state index is 11.7. The van der Waals surface area contributed by atoms with Crippen molar-refractivity contribution in [2.45, 2.75) is 58.3 Å². The fraction of sp³-hybridized carbons (Fsp3) is 0.529. The van der Waals surface area contributed by atoms with Crippen LogP contribution in [0.2, 0.25) is 0 Å². The number of para-hydroxylation sites is 1. The monoisotopic (exact) mass is 275 g/mol. The molecular formula is C17H25NO2. The van der Waals surface area contributed by atoms with Crippen LogP contribution >= 0.6 is 0 Å². The van der Waals surface area contributed by atoms with E-state index in [1.165, 1.54) is 25.7 Å². The molecule has 0 spiro atoms. The van der Waals surface area contributed by atoms with Gasteiger partial charge in [-0.25, -0.2) is 0 Å². The van der Waals surface area contributed by atoms with Gasteiger partial charge in [0.1, 0.15) is 5.78 Å². The Morgan fingerprint density at radius 1 is 0.950 bits per heavy atom. The van der Waals surface area contributed by atoms with E-state index in [9.17, 15) is 9.59 Å². The highest BCUT2D eigenvalue weighted by Crippen LogP contribution is 2.09. The highest BCUT2D eigenvalue weighted by atomic mass is 16.2. The van der Waals surface area contributed by atoms with Gasteiger partial charge in [0.05, 0.1) is 6.42 Å². The minimum absolute atomic E-state index is 0.0101. The number of rotatable bonds is 10. The Balaban J connectivity index is 2.11. The molecule has 1 N–H and O–H groups in total. The molecule has 0 saturated heterocycles. The van der Waals surface area contributed by atoms with Crippen molar-refractivity contribution in [2.24, 2.45) is 0 Å². The second kappa shape index (κ2) is 10.2. The maximum Gasteiger partial charge on any atom is 0.231 e. The van der Waals surface area contributed by atoms with Gasteiger partial charge < -0.3 is 5.32 Å². The van der Waals surface area contributed by atoms with Gasteiger partial charge in [0.25, 0.3) is 0 Å². The number of amides is 1. The lowest BCUT2D eigenvalue weighted by Gasteiger charge is -2.04. The van der Waals surface area contributed by atoms with Crippen molar-refractivity contribution in [3.63, 3.8) is 0 Å². The molecule has 0 aliphatic rings. The van der Waals surface area contributed by atoms with Gasteiger partial charge in [-0.15, -0.1) is 0 Å². The average Bonchev–Trinajstić information content (AvgIpc) is 2.43. The maximum atomic E-state index is 11.7. The van der Waals surface area contributed by atoms with Crippen LogP contribution in [0, 0.1) is 0 Å². The van der Waals surface area contributed by atoms with Crippen molar-refractivity contribution in [2.75, 3.05) is 5.32 Å². The zero-order chi connectivity index (χ0) is 14.6. The lowest BCUT2D eigenvalue weighted by atomic mass is 10.1. The molecule has 0 fully saturated rings. The Bertz CT molecular complexity index is 401. The summed E-state index contributed by atoms with van der Waals surface area (Å²) in [5.74, 6) is -0.180. The first-order valence-electron chi connectivity index (χ1n) is 7.59. The summed E-state index contributed by atoms with van der Waals surface area (Å²) >= 11 is 0. The van der Waals surface area contributed by atoms with Crippen molar-refractivity contribution in [3.05, 3.63) is 30.3 Å². The van der Waals surface area contributed by atoms with Crippen LogP contribution in [0.15, 0.2) is 30.3 Å². The molecule has 1 amide bonds. The topological polar surface area (TPSA) is 46.2 Å². The van der Waals surface area contributed by atoms with Gasteiger partial charge in [-0.05, 0) is 18.6 Å². The minimum atomic E-state index is -0.216. The van der Waals surface area contributed by atoms with Crippen molar-refractivity contribution in [3.8, 4) is 0 Å². The fourth-order valence-corrected chi connectivity index (χ4v) is 2.10. The summed E-state index contributed by atoms with van der Waals surface area (Å²) in [6.45, 7) is 2.19. The smallest absolute Gasteiger partial charge is 0.231 e. The number of nitrogens with one attached hydrogen (secondary N) is 1. The number of carbonyl (C=O) groups is 2. The van der Waals surface area contributed by atoms with E-state index in [1.54, 1.807) is 0 Å². The molecule has 1 aromatic carbocycles. The lowest BCUT2D eigenvalue weighted by Crippen LogP contribution is -2.16. The van der Waals surface area contributed by atoms with Gasteiger partial charge in [0, 0.05) is 12.1 Å². The van der Waals surface area contributed by atoms with E-state index in [4.69, 9.17) is 0 Å². The summed E-state index contributed by atoms with van der Waals surface area (Å²) in [6.07, 6.45) is 7.45. The second-order valence-corrected chi connectivity index (χ2v) is 5.15. The van der Waals surface area contributed by atoms with E-state index >= 15 is 0 Å². The Hall–Kier alpha value is -1.64. The van der Waals surface area contributed by atoms with Crippen LogP contribution in [0.3, 0.4) is 0 Å². The molecule has 0 aliphatic heterocycles. The third-order valence-electron chi connectivity index (χ3n) is 3.22. The van der Waals surface area contributed by atoms with Crippen molar-refractivity contribution in [1.82, 2.24) is 0 Å². The van der Waals surface area contributed by atoms with E-state index in [0.29, 0.717) is 6.42 Å². The van der Waals surface area contributed by atoms with Crippen LogP contribution in [-0.2, 0) is 9.59 Å². The molecule has 0 atom stereocenters. The number of anilines is 1. The Kier molecular flexibility index (Phi) is 8.36. The van der Waals surface area contributed by atoms with Crippen molar-refractivity contribution in [1.29, 1.82) is 0 Å². The number of hydrogen-bond donors (Lipinski definition) is 1. The zero-order valence-electron chi connectivity index (χ0n) is 12.4. The third-order valence-corrected chi connectivity index (χ3v) is 3.22. The van der Waals surface area contributed by atoms with Crippen LogP contribution < -0.4 is 5.32 Å². The van der Waals surface area contributed by atoms with Crippen molar-refractivity contribution < 1.29 is 9.59 Å². The molecule has 0 heterocycles. The Labute approximate surface area is 121 Å². The minimum Gasteiger partial charge on any atom is -0.326 e. The average molecular weight is 275 g/mol. The van der Waals surface area contributed by atoms with Crippen LogP contribution in [0.4, 0.5) is 5.69 Å². The first-order chi connectivity index (χ1) is 9.72. The normalized spacial score (nSPS) is 10.2. The second-order valence-electron chi connectivity index (χ2n) is 5.15. The van der Waals surface area contributed by atoms with Gasteiger partial charge >= 0.3 is 0 Å². The number of Topliss-reactive ketones (excluding diaryl/α,β-unsaturated/α-hetero) is 1. The molecule has 0 saturated carbocycles. The molecule has 0 aliphatic carbocycles. The highest BCUT2D eigenvalue weighted by molar-refractivity contribution is 6.04. The number of hydrogen-bond acceptors (Lipinski definition) is 2. The molecule has 0 aromatic heterocycles. The van der Waals surface area contributed by atoms with Gasteiger partial charge in [0.2, 0.25) is 5.91 Å². The third kappa shape index (κ3) is 7.72. The predicted octanol–water partition coefficient (Wildman–Crippen LogP) is 4.33. The summed E-state index contributed by atoms with van der Waals surface area (Å²) in [5.41, 5.74) is 0.741. The molecule has 20 heavy (non-hydrogen) atoms. The molecule has 3 heteroatoms. The molecule has 0 bridgehead atoms. The molecule has 1 aromatic rings. The SMILES string of the molecule is CCCCCCCCC(=O)CC(=O)Nc1ccccc1. The van der Waals surface area contributed by atoms with Gasteiger partial charge in [-0.2, -0.15) is 0 Å². The quantitative estimate of drug-likeness (QED) is 0.510. The summed E-state index contributed by atoms with van der Waals surface area (Å²) < 4.78 is 0. The van der Waals surface area contributed by atoms with Crippen LogP contribution in [-0.4, -0.2) is 11.7 Å². The summed E-state index contributed by atoms with van der Waals surface area (Å²) in [7, 11) is 0. The molecule has 3 nitrogen and oxygen atoms in total. The van der Waals surface area contributed by atoms with Crippen LogP contribution in [0.5, 0.6) is 0 Å². The zero-order valence-corrected chi connectivity index (χ0v) is 12.4. The number of ketones is 1. The number of unbranched alkanes of at least 4 members (excludes halogenated alkanes) is 5. The van der Waals surface area contributed by atoms with E-state index < -0.39 is 0 Å². The van der Waals surface area contributed by atoms with E-state index in [-0.39, 0.29) is 18.1 Å². The van der Waals surface area contributed by atoms with Gasteiger partial charge in [0.15, 0.2) is 0 Å². The lowest BCUT2D eigenvalue weighted by molar-refractivity contribution is -0.125. The largest absolute Gasteiger partial charge is 0.326 e. The predicted molar refractivity (Wildman–Crippen MR) is 82.7 cm³/mol. The van der Waals surface area contributed by atoms with E-state index in [0.717, 1.165) is 18.5 Å². The number of carbonyl (C=O) groups excluding carboxylic acids is 2. The Morgan fingerprint density at radius 2 is 1.60 bits per heavy atom. The van der Waals surface area contributed by atoms with Crippen LogP contribution in [0.25, 0.3) is 0 Å². The van der Waals surface area contributed by atoms with E-state index in [2.05, 4.69) is 12.2 Å². The summed E-state index contributed by atoms with van der Waals surface area (Å²) in [5, 5.41) is 2.73. The molecule has 1 rings (SSSR count). The first kappa shape index (κ1) is 16.4. The summed E-state index contributed by atoms with van der Waals surface area (Å²) in [4.78, 5) is 23.3. The molecule has 0 radical (unpaired) electrons.